The zero-order valence-corrected chi connectivity index (χ0v) is 20.1. The van der Waals surface area contributed by atoms with Crippen LogP contribution in [0.3, 0.4) is 0 Å². The van der Waals surface area contributed by atoms with Gasteiger partial charge in [-0.2, -0.15) is 0 Å². The normalized spacial score (nSPS) is 17.6. The molecule has 5 rings (SSSR count). The number of hydrogen-bond acceptors (Lipinski definition) is 4. The van der Waals surface area contributed by atoms with E-state index >= 15 is 0 Å². The minimum Gasteiger partial charge on any atom is -0.369 e. The third-order valence-electron chi connectivity index (χ3n) is 6.48. The standard InChI is InChI=1S/C27H24ClN5O2/c1-27(25(35)33(2)26(29)32-27)18-7-5-6-16(12-18)21-13-19(28)11-10-17(21)14-31-24(34)22-15-30-23-9-4-3-8-20(22)23/h3-13,15,30H,14H2,1-2H3,(H2,29,32)(H,31,34). The topological polar surface area (TPSA) is 104 Å². The summed E-state index contributed by atoms with van der Waals surface area (Å²) in [6.07, 6.45) is 1.72. The summed E-state index contributed by atoms with van der Waals surface area (Å²) in [4.78, 5) is 34.7. The number of aromatic nitrogens is 1. The second kappa shape index (κ2) is 8.60. The van der Waals surface area contributed by atoms with Crippen molar-refractivity contribution in [2.45, 2.75) is 19.0 Å². The van der Waals surface area contributed by atoms with E-state index in [0.717, 1.165) is 33.2 Å². The fourth-order valence-electron chi connectivity index (χ4n) is 4.46. The summed E-state index contributed by atoms with van der Waals surface area (Å²) >= 11 is 6.34. The number of carbonyl (C=O) groups is 2. The van der Waals surface area contributed by atoms with Crippen molar-refractivity contribution in [3.05, 3.63) is 94.6 Å². The molecular formula is C27H24ClN5O2. The molecule has 2 amide bonds. The zero-order chi connectivity index (χ0) is 24.7. The molecular weight excluding hydrogens is 462 g/mol. The van der Waals surface area contributed by atoms with Gasteiger partial charge in [-0.3, -0.25) is 14.5 Å². The van der Waals surface area contributed by atoms with Crippen molar-refractivity contribution < 1.29 is 9.59 Å². The number of halogens is 1. The highest BCUT2D eigenvalue weighted by atomic mass is 35.5. The summed E-state index contributed by atoms with van der Waals surface area (Å²) < 4.78 is 0. The number of aliphatic imine (C=N–C) groups is 1. The molecule has 1 aliphatic heterocycles. The van der Waals surface area contributed by atoms with Crippen molar-refractivity contribution >= 4 is 40.3 Å². The maximum atomic E-state index is 12.9. The third kappa shape index (κ3) is 3.94. The number of nitrogens with zero attached hydrogens (tertiary/aromatic N) is 2. The summed E-state index contributed by atoms with van der Waals surface area (Å²) in [7, 11) is 1.61. The van der Waals surface area contributed by atoms with Crippen LogP contribution in [0.1, 0.15) is 28.4 Å². The summed E-state index contributed by atoms with van der Waals surface area (Å²) in [6, 6.07) is 20.8. The Kier molecular flexibility index (Phi) is 5.57. The number of amides is 2. The molecule has 1 atom stereocenters. The lowest BCUT2D eigenvalue weighted by Crippen LogP contribution is -2.38. The van der Waals surface area contributed by atoms with Crippen molar-refractivity contribution in [2.75, 3.05) is 7.05 Å². The molecule has 7 nitrogen and oxygen atoms in total. The first-order chi connectivity index (χ1) is 16.8. The van der Waals surface area contributed by atoms with E-state index in [9.17, 15) is 9.59 Å². The maximum Gasteiger partial charge on any atom is 0.261 e. The van der Waals surface area contributed by atoms with Crippen LogP contribution in [0.15, 0.2) is 77.9 Å². The number of benzene rings is 3. The summed E-state index contributed by atoms with van der Waals surface area (Å²) in [5.41, 5.74) is 9.64. The molecule has 0 aliphatic carbocycles. The monoisotopic (exact) mass is 485 g/mol. The average molecular weight is 486 g/mol. The van der Waals surface area contributed by atoms with E-state index in [1.54, 1.807) is 26.2 Å². The SMILES string of the molecule is CN1C(=O)C(C)(c2cccc(-c3cc(Cl)ccc3CNC(=O)c3c[nH]c4ccccc34)c2)N=C1N. The number of carbonyl (C=O) groups excluding carboxylic acids is 2. The van der Waals surface area contributed by atoms with E-state index in [0.29, 0.717) is 17.1 Å². The van der Waals surface area contributed by atoms with Crippen LogP contribution in [0.25, 0.3) is 22.0 Å². The van der Waals surface area contributed by atoms with Gasteiger partial charge in [0.25, 0.3) is 11.8 Å². The molecule has 35 heavy (non-hydrogen) atoms. The Morgan fingerprint density at radius 2 is 1.94 bits per heavy atom. The van der Waals surface area contributed by atoms with Crippen LogP contribution in [0.2, 0.25) is 5.02 Å². The quantitative estimate of drug-likeness (QED) is 0.389. The second-order valence-electron chi connectivity index (χ2n) is 8.72. The summed E-state index contributed by atoms with van der Waals surface area (Å²) in [5, 5.41) is 4.46. The molecule has 1 aromatic heterocycles. The van der Waals surface area contributed by atoms with Crippen molar-refractivity contribution in [3.63, 3.8) is 0 Å². The van der Waals surface area contributed by atoms with Crippen LogP contribution in [0.5, 0.6) is 0 Å². The van der Waals surface area contributed by atoms with Gasteiger partial charge in [0.05, 0.1) is 5.56 Å². The molecule has 0 saturated carbocycles. The number of nitrogens with two attached hydrogens (primary N) is 1. The second-order valence-corrected chi connectivity index (χ2v) is 9.16. The van der Waals surface area contributed by atoms with Crippen molar-refractivity contribution in [1.82, 2.24) is 15.2 Å². The molecule has 0 bridgehead atoms. The van der Waals surface area contributed by atoms with Gasteiger partial charge in [-0.15, -0.1) is 0 Å². The summed E-state index contributed by atoms with van der Waals surface area (Å²) in [5.74, 6) is -0.176. The minimum absolute atomic E-state index is 0.172. The van der Waals surface area contributed by atoms with Gasteiger partial charge < -0.3 is 16.0 Å². The van der Waals surface area contributed by atoms with Gasteiger partial charge in [0.2, 0.25) is 0 Å². The van der Waals surface area contributed by atoms with E-state index in [1.807, 2.05) is 60.7 Å². The number of aromatic amines is 1. The molecule has 0 saturated heterocycles. The van der Waals surface area contributed by atoms with E-state index in [1.165, 1.54) is 4.90 Å². The van der Waals surface area contributed by atoms with Gasteiger partial charge in [-0.05, 0) is 53.4 Å². The van der Waals surface area contributed by atoms with E-state index in [2.05, 4.69) is 15.3 Å². The van der Waals surface area contributed by atoms with Gasteiger partial charge in [0, 0.05) is 35.7 Å². The van der Waals surface area contributed by atoms with Crippen molar-refractivity contribution in [1.29, 1.82) is 0 Å². The first-order valence-electron chi connectivity index (χ1n) is 11.1. The van der Waals surface area contributed by atoms with E-state index < -0.39 is 5.54 Å². The number of fused-ring (bicyclic) bond motifs is 1. The fourth-order valence-corrected chi connectivity index (χ4v) is 4.63. The molecule has 2 heterocycles. The van der Waals surface area contributed by atoms with Crippen molar-refractivity contribution in [3.8, 4) is 11.1 Å². The first-order valence-corrected chi connectivity index (χ1v) is 11.5. The van der Waals surface area contributed by atoms with Crippen LogP contribution in [0, 0.1) is 0 Å². The molecule has 0 fully saturated rings. The lowest BCUT2D eigenvalue weighted by molar-refractivity contribution is -0.130. The summed E-state index contributed by atoms with van der Waals surface area (Å²) in [6.45, 7) is 2.06. The Morgan fingerprint density at radius 3 is 2.71 bits per heavy atom. The molecule has 176 valence electrons. The number of hydrogen-bond donors (Lipinski definition) is 3. The van der Waals surface area contributed by atoms with Crippen LogP contribution in [-0.2, 0) is 16.9 Å². The number of rotatable bonds is 5. The van der Waals surface area contributed by atoms with Gasteiger partial charge in [-0.25, -0.2) is 4.99 Å². The first kappa shape index (κ1) is 22.7. The third-order valence-corrected chi connectivity index (χ3v) is 6.72. The zero-order valence-electron chi connectivity index (χ0n) is 19.3. The molecule has 8 heteroatoms. The van der Waals surface area contributed by atoms with Crippen molar-refractivity contribution in [2.24, 2.45) is 10.7 Å². The highest BCUT2D eigenvalue weighted by Crippen LogP contribution is 2.35. The van der Waals surface area contributed by atoms with E-state index in [-0.39, 0.29) is 17.8 Å². The van der Waals surface area contributed by atoms with Gasteiger partial charge >= 0.3 is 0 Å². The Hall–Kier alpha value is -4.10. The molecule has 0 spiro atoms. The highest BCUT2D eigenvalue weighted by Gasteiger charge is 2.43. The number of para-hydroxylation sites is 1. The number of guanidine groups is 1. The molecule has 4 aromatic rings. The minimum atomic E-state index is -1.10. The average Bonchev–Trinajstić information content (AvgIpc) is 3.38. The lowest BCUT2D eigenvalue weighted by atomic mass is 9.89. The van der Waals surface area contributed by atoms with Crippen LogP contribution < -0.4 is 11.1 Å². The predicted molar refractivity (Wildman–Crippen MR) is 138 cm³/mol. The van der Waals surface area contributed by atoms with Gasteiger partial charge in [0.15, 0.2) is 11.5 Å². The van der Waals surface area contributed by atoms with Gasteiger partial charge in [-0.1, -0.05) is 54.1 Å². The maximum absolute atomic E-state index is 12.9. The lowest BCUT2D eigenvalue weighted by Gasteiger charge is -2.21. The molecule has 4 N–H and O–H groups in total. The van der Waals surface area contributed by atoms with E-state index in [4.69, 9.17) is 17.3 Å². The number of H-pyrrole nitrogens is 1. The Labute approximate surface area is 207 Å². The van der Waals surface area contributed by atoms with Crippen LogP contribution in [0.4, 0.5) is 0 Å². The number of likely N-dealkylation sites (N-methyl/N-ethyl adjacent to an activating group) is 1. The molecule has 1 unspecified atom stereocenters. The molecule has 0 radical (unpaired) electrons. The predicted octanol–water partition coefficient (Wildman–Crippen LogP) is 4.42. The highest BCUT2D eigenvalue weighted by molar-refractivity contribution is 6.30. The Balaban J connectivity index is 1.45. The largest absolute Gasteiger partial charge is 0.369 e. The number of nitrogens with one attached hydrogen (secondary N) is 2. The molecule has 1 aliphatic rings. The smallest absolute Gasteiger partial charge is 0.261 e. The van der Waals surface area contributed by atoms with Crippen LogP contribution in [-0.4, -0.2) is 34.7 Å². The molecule has 3 aromatic carbocycles. The fraction of sp³-hybridized carbons (Fsp3) is 0.148. The van der Waals surface area contributed by atoms with Crippen LogP contribution >= 0.6 is 11.6 Å². The Morgan fingerprint density at radius 1 is 1.14 bits per heavy atom. The van der Waals surface area contributed by atoms with Gasteiger partial charge in [0.1, 0.15) is 0 Å². The Bertz CT molecular complexity index is 1510.